The number of phenolic OH excluding ortho intramolecular Hbond substituents is 1. The maximum atomic E-state index is 10.2. The van der Waals surface area contributed by atoms with Crippen LogP contribution in [0.3, 0.4) is 0 Å². The molecule has 0 bridgehead atoms. The molecule has 1 heterocycles. The highest BCUT2D eigenvalue weighted by Crippen LogP contribution is 2.30. The Hall–Kier alpha value is -3.10. The van der Waals surface area contributed by atoms with Crippen LogP contribution in [0.1, 0.15) is 11.1 Å². The number of para-hydroxylation sites is 1. The summed E-state index contributed by atoms with van der Waals surface area (Å²) < 4.78 is 5.18. The summed E-state index contributed by atoms with van der Waals surface area (Å²) >= 11 is 0. The third-order valence-electron chi connectivity index (χ3n) is 4.59. The molecule has 0 atom stereocenters. The topological polar surface area (TPSA) is 111 Å². The van der Waals surface area contributed by atoms with Crippen molar-refractivity contribution >= 4 is 11.9 Å². The molecule has 0 saturated carbocycles. The van der Waals surface area contributed by atoms with Gasteiger partial charge in [0.2, 0.25) is 0 Å². The fourth-order valence-electron chi connectivity index (χ4n) is 3.05. The number of aliphatic carboxylic acids is 2. The fourth-order valence-corrected chi connectivity index (χ4v) is 3.05. The van der Waals surface area contributed by atoms with Crippen LogP contribution in [0.25, 0.3) is 0 Å². The number of ether oxygens (including phenoxy) is 1. The van der Waals surface area contributed by atoms with Crippen molar-refractivity contribution in [1.29, 1.82) is 0 Å². The van der Waals surface area contributed by atoms with Crippen LogP contribution in [0.2, 0.25) is 0 Å². The summed E-state index contributed by atoms with van der Waals surface area (Å²) in [5.74, 6) is -2.84. The zero-order valence-electron chi connectivity index (χ0n) is 16.3. The maximum absolute atomic E-state index is 10.2. The number of carboxylic acid groups (broad SMARTS) is 2. The monoisotopic (exact) mass is 402 g/mol. The molecular formula is C21H26N2O6. The van der Waals surface area contributed by atoms with Crippen LogP contribution in [-0.4, -0.2) is 70.3 Å². The largest absolute Gasteiger partial charge is 0.504 e. The van der Waals surface area contributed by atoms with E-state index in [1.807, 2.05) is 12.1 Å². The summed E-state index contributed by atoms with van der Waals surface area (Å²) in [6.07, 6.45) is 0. The first-order chi connectivity index (χ1) is 13.9. The maximum Gasteiger partial charge on any atom is 0.414 e. The number of hydrogen-bond acceptors (Lipinski definition) is 6. The van der Waals surface area contributed by atoms with Crippen molar-refractivity contribution < 1.29 is 29.6 Å². The predicted molar refractivity (Wildman–Crippen MR) is 107 cm³/mol. The minimum atomic E-state index is -1.82. The number of aromatic hydroxyl groups is 1. The Morgan fingerprint density at radius 2 is 1.41 bits per heavy atom. The molecule has 0 aromatic heterocycles. The highest BCUT2D eigenvalue weighted by atomic mass is 16.5. The Morgan fingerprint density at radius 1 is 0.862 bits per heavy atom. The number of piperazine rings is 1. The van der Waals surface area contributed by atoms with Gasteiger partial charge in [-0.15, -0.1) is 0 Å². The molecule has 156 valence electrons. The Morgan fingerprint density at radius 3 is 1.93 bits per heavy atom. The van der Waals surface area contributed by atoms with Gasteiger partial charge in [-0.1, -0.05) is 42.5 Å². The van der Waals surface area contributed by atoms with Gasteiger partial charge in [-0.2, -0.15) is 0 Å². The van der Waals surface area contributed by atoms with Crippen molar-refractivity contribution in [2.45, 2.75) is 13.1 Å². The smallest absolute Gasteiger partial charge is 0.414 e. The number of methoxy groups -OCH3 is 1. The van der Waals surface area contributed by atoms with E-state index in [1.54, 1.807) is 13.2 Å². The molecule has 0 spiro atoms. The van der Waals surface area contributed by atoms with Crippen LogP contribution in [0, 0.1) is 0 Å². The van der Waals surface area contributed by atoms with E-state index in [-0.39, 0.29) is 5.75 Å². The second kappa shape index (κ2) is 11.0. The van der Waals surface area contributed by atoms with Crippen molar-refractivity contribution in [3.8, 4) is 11.5 Å². The summed E-state index contributed by atoms with van der Waals surface area (Å²) in [5, 5.41) is 25.0. The standard InChI is InChI=1S/C19H24N2O2.C2H2O4/c1-23-18-9-5-8-17(19(18)22)15-21-12-10-20(11-13-21)14-16-6-3-2-4-7-16;3-1(4)2(5)6/h2-9,22H,10-15H2,1H3;(H,3,4)(H,5,6). The zero-order valence-corrected chi connectivity index (χ0v) is 16.3. The van der Waals surface area contributed by atoms with Gasteiger partial charge < -0.3 is 20.1 Å². The Kier molecular flexibility index (Phi) is 8.45. The van der Waals surface area contributed by atoms with Gasteiger partial charge in [-0.05, 0) is 11.6 Å². The molecule has 3 N–H and O–H groups in total. The van der Waals surface area contributed by atoms with Crippen molar-refractivity contribution in [3.05, 3.63) is 59.7 Å². The van der Waals surface area contributed by atoms with E-state index < -0.39 is 11.9 Å². The third-order valence-corrected chi connectivity index (χ3v) is 4.59. The van der Waals surface area contributed by atoms with Crippen LogP contribution in [0.5, 0.6) is 11.5 Å². The summed E-state index contributed by atoms with van der Waals surface area (Å²) in [5.41, 5.74) is 2.30. The van der Waals surface area contributed by atoms with Crippen molar-refractivity contribution in [2.24, 2.45) is 0 Å². The van der Waals surface area contributed by atoms with Crippen LogP contribution in [-0.2, 0) is 22.7 Å². The number of carbonyl (C=O) groups is 2. The lowest BCUT2D eigenvalue weighted by molar-refractivity contribution is -0.159. The molecule has 29 heavy (non-hydrogen) atoms. The van der Waals surface area contributed by atoms with Gasteiger partial charge in [-0.25, -0.2) is 9.59 Å². The molecule has 0 aliphatic carbocycles. The molecule has 1 saturated heterocycles. The molecule has 3 rings (SSSR count). The molecule has 1 fully saturated rings. The molecule has 0 unspecified atom stereocenters. The average Bonchev–Trinajstić information content (AvgIpc) is 2.72. The second-order valence-electron chi connectivity index (χ2n) is 6.62. The van der Waals surface area contributed by atoms with Crippen LogP contribution in [0.15, 0.2) is 48.5 Å². The molecule has 1 aliphatic rings. The van der Waals surface area contributed by atoms with Gasteiger partial charge in [0.15, 0.2) is 11.5 Å². The van der Waals surface area contributed by atoms with E-state index in [9.17, 15) is 5.11 Å². The van der Waals surface area contributed by atoms with E-state index in [0.717, 1.165) is 44.8 Å². The van der Waals surface area contributed by atoms with Gasteiger partial charge >= 0.3 is 11.9 Å². The van der Waals surface area contributed by atoms with E-state index in [0.29, 0.717) is 5.75 Å². The SMILES string of the molecule is COc1cccc(CN2CCN(Cc3ccccc3)CC2)c1O.O=C(O)C(=O)O. The number of phenols is 1. The van der Waals surface area contributed by atoms with Crippen molar-refractivity contribution in [3.63, 3.8) is 0 Å². The molecule has 2 aromatic carbocycles. The number of rotatable bonds is 5. The highest BCUT2D eigenvalue weighted by molar-refractivity contribution is 6.27. The molecule has 8 heteroatoms. The first kappa shape index (κ1) is 22.2. The van der Waals surface area contributed by atoms with Gasteiger partial charge in [-0.3, -0.25) is 9.80 Å². The lowest BCUT2D eigenvalue weighted by atomic mass is 10.1. The molecular weight excluding hydrogens is 376 g/mol. The lowest BCUT2D eigenvalue weighted by Crippen LogP contribution is -2.45. The summed E-state index contributed by atoms with van der Waals surface area (Å²) in [7, 11) is 1.58. The summed E-state index contributed by atoms with van der Waals surface area (Å²) in [4.78, 5) is 23.1. The highest BCUT2D eigenvalue weighted by Gasteiger charge is 2.18. The average molecular weight is 402 g/mol. The van der Waals surface area contributed by atoms with E-state index in [1.165, 1.54) is 5.56 Å². The lowest BCUT2D eigenvalue weighted by Gasteiger charge is -2.34. The first-order valence-electron chi connectivity index (χ1n) is 9.20. The van der Waals surface area contributed by atoms with Crippen molar-refractivity contribution in [2.75, 3.05) is 33.3 Å². The minimum Gasteiger partial charge on any atom is -0.504 e. The van der Waals surface area contributed by atoms with Gasteiger partial charge in [0.25, 0.3) is 0 Å². The number of nitrogens with zero attached hydrogens (tertiary/aromatic N) is 2. The van der Waals surface area contributed by atoms with Gasteiger partial charge in [0.1, 0.15) is 0 Å². The molecule has 8 nitrogen and oxygen atoms in total. The number of carboxylic acids is 2. The van der Waals surface area contributed by atoms with E-state index in [4.69, 9.17) is 24.5 Å². The van der Waals surface area contributed by atoms with Gasteiger partial charge in [0, 0.05) is 44.8 Å². The second-order valence-corrected chi connectivity index (χ2v) is 6.62. The fraction of sp³-hybridized carbons (Fsp3) is 0.333. The quantitative estimate of drug-likeness (QED) is 0.650. The van der Waals surface area contributed by atoms with Crippen LogP contribution < -0.4 is 4.74 Å². The van der Waals surface area contributed by atoms with Crippen LogP contribution in [0.4, 0.5) is 0 Å². The summed E-state index contributed by atoms with van der Waals surface area (Å²) in [6.45, 7) is 5.92. The van der Waals surface area contributed by atoms with Crippen LogP contribution >= 0.6 is 0 Å². The molecule has 0 amide bonds. The Balaban J connectivity index is 0.000000438. The predicted octanol–water partition coefficient (Wildman–Crippen LogP) is 1.87. The number of benzene rings is 2. The molecule has 2 aromatic rings. The first-order valence-corrected chi connectivity index (χ1v) is 9.20. The van der Waals surface area contributed by atoms with E-state index in [2.05, 4.69) is 40.1 Å². The van der Waals surface area contributed by atoms with E-state index >= 15 is 0 Å². The van der Waals surface area contributed by atoms with Gasteiger partial charge in [0.05, 0.1) is 7.11 Å². The zero-order chi connectivity index (χ0) is 21.2. The Bertz CT molecular complexity index is 792. The normalized spacial score (nSPS) is 14.5. The number of hydrogen-bond donors (Lipinski definition) is 3. The third kappa shape index (κ3) is 7.10. The molecule has 1 aliphatic heterocycles. The van der Waals surface area contributed by atoms with Crippen molar-refractivity contribution in [1.82, 2.24) is 9.80 Å². The Labute approximate surface area is 169 Å². The molecule has 0 radical (unpaired) electrons. The summed E-state index contributed by atoms with van der Waals surface area (Å²) in [6, 6.07) is 16.3. The minimum absolute atomic E-state index is 0.265.